The highest BCUT2D eigenvalue weighted by Crippen LogP contribution is 2.24. The van der Waals surface area contributed by atoms with Crippen LogP contribution in [0, 0.1) is 6.92 Å². The van der Waals surface area contributed by atoms with Crippen molar-refractivity contribution in [3.05, 3.63) is 62.4 Å². The summed E-state index contributed by atoms with van der Waals surface area (Å²) in [7, 11) is 2.86. The standard InChI is InChI=1S/C17H16N4O4/c1-9-4-6-11(13(22)8-9)19-15(23)12-7-5-10-14(18-12)20(2)17(25)21(3)16(10)24/h4-8,22H,1-3H3,(H,19,23). The van der Waals surface area contributed by atoms with Gasteiger partial charge in [0, 0.05) is 14.1 Å². The van der Waals surface area contributed by atoms with Gasteiger partial charge in [-0.25, -0.2) is 9.78 Å². The number of nitrogens with zero attached hydrogens (tertiary/aromatic N) is 3. The number of aryl methyl sites for hydroxylation is 2. The number of hydrogen-bond donors (Lipinski definition) is 2. The van der Waals surface area contributed by atoms with Crippen molar-refractivity contribution in [3.63, 3.8) is 0 Å². The Kier molecular flexibility index (Phi) is 3.88. The van der Waals surface area contributed by atoms with Crippen molar-refractivity contribution in [2.75, 3.05) is 5.32 Å². The summed E-state index contributed by atoms with van der Waals surface area (Å²) in [6.07, 6.45) is 0. The maximum atomic E-state index is 12.4. The molecule has 0 spiro atoms. The number of benzene rings is 1. The molecule has 0 aliphatic carbocycles. The Morgan fingerprint density at radius 2 is 1.84 bits per heavy atom. The lowest BCUT2D eigenvalue weighted by Crippen LogP contribution is -2.37. The first-order valence-corrected chi connectivity index (χ1v) is 7.47. The van der Waals surface area contributed by atoms with Gasteiger partial charge in [0.2, 0.25) is 0 Å². The Bertz CT molecular complexity index is 1130. The van der Waals surface area contributed by atoms with E-state index in [1.807, 2.05) is 6.92 Å². The lowest BCUT2D eigenvalue weighted by atomic mass is 10.2. The Morgan fingerprint density at radius 1 is 1.12 bits per heavy atom. The number of phenolic OH excluding ortho intramolecular Hbond substituents is 1. The number of amides is 1. The van der Waals surface area contributed by atoms with Crippen molar-refractivity contribution in [3.8, 4) is 5.75 Å². The second-order valence-electron chi connectivity index (χ2n) is 5.75. The molecular formula is C17H16N4O4. The summed E-state index contributed by atoms with van der Waals surface area (Å²) in [6, 6.07) is 7.70. The van der Waals surface area contributed by atoms with Crippen LogP contribution in [0.3, 0.4) is 0 Å². The van der Waals surface area contributed by atoms with Gasteiger partial charge in [0.05, 0.1) is 11.1 Å². The molecule has 0 aliphatic rings. The lowest BCUT2D eigenvalue weighted by molar-refractivity contribution is 0.102. The number of fused-ring (bicyclic) bond motifs is 1. The van der Waals surface area contributed by atoms with Gasteiger partial charge in [-0.15, -0.1) is 0 Å². The fourth-order valence-corrected chi connectivity index (χ4v) is 2.51. The Labute approximate surface area is 142 Å². The second-order valence-corrected chi connectivity index (χ2v) is 5.75. The number of carbonyl (C=O) groups excluding carboxylic acids is 1. The third-order valence-electron chi connectivity index (χ3n) is 3.94. The number of rotatable bonds is 2. The molecule has 1 amide bonds. The van der Waals surface area contributed by atoms with Crippen LogP contribution in [0.1, 0.15) is 16.1 Å². The topological polar surface area (TPSA) is 106 Å². The van der Waals surface area contributed by atoms with Gasteiger partial charge in [-0.2, -0.15) is 0 Å². The first-order valence-electron chi connectivity index (χ1n) is 7.47. The molecule has 2 N–H and O–H groups in total. The number of anilines is 1. The highest BCUT2D eigenvalue weighted by atomic mass is 16.3. The molecule has 0 bridgehead atoms. The van der Waals surface area contributed by atoms with E-state index in [2.05, 4.69) is 10.3 Å². The van der Waals surface area contributed by atoms with E-state index in [0.717, 1.165) is 10.1 Å². The van der Waals surface area contributed by atoms with Crippen molar-refractivity contribution < 1.29 is 9.90 Å². The molecule has 0 unspecified atom stereocenters. The molecule has 2 aromatic heterocycles. The SMILES string of the molecule is Cc1ccc(NC(=O)c2ccc3c(=O)n(C)c(=O)n(C)c3n2)c(O)c1. The monoisotopic (exact) mass is 340 g/mol. The molecule has 2 heterocycles. The quantitative estimate of drug-likeness (QED) is 0.674. The molecule has 8 nitrogen and oxygen atoms in total. The van der Waals surface area contributed by atoms with Crippen molar-refractivity contribution in [2.45, 2.75) is 6.92 Å². The van der Waals surface area contributed by atoms with Crippen molar-refractivity contribution >= 4 is 22.6 Å². The zero-order valence-electron chi connectivity index (χ0n) is 13.9. The van der Waals surface area contributed by atoms with Gasteiger partial charge in [0.25, 0.3) is 11.5 Å². The Balaban J connectivity index is 2.06. The number of phenols is 1. The Morgan fingerprint density at radius 3 is 2.52 bits per heavy atom. The van der Waals surface area contributed by atoms with E-state index in [1.165, 1.54) is 36.9 Å². The second kappa shape index (κ2) is 5.90. The summed E-state index contributed by atoms with van der Waals surface area (Å²) in [5, 5.41) is 12.7. The zero-order valence-corrected chi connectivity index (χ0v) is 13.9. The van der Waals surface area contributed by atoms with E-state index in [1.54, 1.807) is 12.1 Å². The fourth-order valence-electron chi connectivity index (χ4n) is 2.51. The summed E-state index contributed by atoms with van der Waals surface area (Å²) in [5.74, 6) is -0.621. The minimum absolute atomic E-state index is 0.0238. The maximum absolute atomic E-state index is 12.4. The van der Waals surface area contributed by atoms with Gasteiger partial charge in [-0.3, -0.25) is 18.7 Å². The summed E-state index contributed by atoms with van der Waals surface area (Å²) in [6.45, 7) is 1.82. The minimum atomic E-state index is -0.561. The molecule has 128 valence electrons. The van der Waals surface area contributed by atoms with Crippen molar-refractivity contribution in [1.82, 2.24) is 14.1 Å². The van der Waals surface area contributed by atoms with Gasteiger partial charge in [0.15, 0.2) is 0 Å². The number of pyridine rings is 1. The third kappa shape index (κ3) is 2.78. The van der Waals surface area contributed by atoms with Crippen molar-refractivity contribution in [1.29, 1.82) is 0 Å². The van der Waals surface area contributed by atoms with E-state index in [4.69, 9.17) is 0 Å². The number of nitrogens with one attached hydrogen (secondary N) is 1. The summed E-state index contributed by atoms with van der Waals surface area (Å²) in [5.41, 5.74) is 0.234. The van der Waals surface area contributed by atoms with E-state index in [9.17, 15) is 19.5 Å². The van der Waals surface area contributed by atoms with Gasteiger partial charge >= 0.3 is 5.69 Å². The minimum Gasteiger partial charge on any atom is -0.506 e. The predicted molar refractivity (Wildman–Crippen MR) is 93.0 cm³/mol. The molecule has 25 heavy (non-hydrogen) atoms. The van der Waals surface area contributed by atoms with Gasteiger partial charge < -0.3 is 10.4 Å². The van der Waals surface area contributed by atoms with E-state index >= 15 is 0 Å². The number of hydrogen-bond acceptors (Lipinski definition) is 5. The molecule has 3 rings (SSSR count). The Hall–Kier alpha value is -3.42. The van der Waals surface area contributed by atoms with Crippen LogP contribution >= 0.6 is 0 Å². The van der Waals surface area contributed by atoms with E-state index < -0.39 is 17.2 Å². The molecule has 0 atom stereocenters. The molecule has 8 heteroatoms. The molecule has 0 fully saturated rings. The van der Waals surface area contributed by atoms with Crippen LogP contribution in [0.25, 0.3) is 11.0 Å². The molecule has 0 saturated carbocycles. The lowest BCUT2D eigenvalue weighted by Gasteiger charge is -2.10. The molecular weight excluding hydrogens is 324 g/mol. The molecule has 0 radical (unpaired) electrons. The first-order chi connectivity index (χ1) is 11.8. The molecule has 1 aromatic carbocycles. The van der Waals surface area contributed by atoms with Gasteiger partial charge in [-0.1, -0.05) is 6.07 Å². The average Bonchev–Trinajstić information content (AvgIpc) is 2.60. The van der Waals surface area contributed by atoms with Crippen LogP contribution in [0.5, 0.6) is 5.75 Å². The largest absolute Gasteiger partial charge is 0.506 e. The number of aromatic hydroxyl groups is 1. The van der Waals surface area contributed by atoms with Crippen LogP contribution in [0.15, 0.2) is 39.9 Å². The van der Waals surface area contributed by atoms with E-state index in [0.29, 0.717) is 0 Å². The van der Waals surface area contributed by atoms with Crippen LogP contribution in [0.2, 0.25) is 0 Å². The predicted octanol–water partition coefficient (Wildman–Crippen LogP) is 0.899. The number of aromatic nitrogens is 3. The van der Waals surface area contributed by atoms with Crippen molar-refractivity contribution in [2.24, 2.45) is 14.1 Å². The van der Waals surface area contributed by atoms with Crippen LogP contribution < -0.4 is 16.6 Å². The van der Waals surface area contributed by atoms with Crippen LogP contribution in [-0.2, 0) is 14.1 Å². The summed E-state index contributed by atoms with van der Waals surface area (Å²) in [4.78, 5) is 40.7. The average molecular weight is 340 g/mol. The fraction of sp³-hybridized carbons (Fsp3) is 0.176. The van der Waals surface area contributed by atoms with Crippen LogP contribution in [-0.4, -0.2) is 25.1 Å². The van der Waals surface area contributed by atoms with Gasteiger partial charge in [0.1, 0.15) is 17.1 Å². The first kappa shape index (κ1) is 16.4. The number of carbonyl (C=O) groups is 1. The molecule has 3 aromatic rings. The highest BCUT2D eigenvalue weighted by Gasteiger charge is 2.15. The third-order valence-corrected chi connectivity index (χ3v) is 3.94. The summed E-state index contributed by atoms with van der Waals surface area (Å²) < 4.78 is 2.19. The van der Waals surface area contributed by atoms with Gasteiger partial charge in [-0.05, 0) is 36.8 Å². The van der Waals surface area contributed by atoms with Crippen LogP contribution in [0.4, 0.5) is 5.69 Å². The molecule has 0 saturated heterocycles. The normalized spacial score (nSPS) is 10.8. The zero-order chi connectivity index (χ0) is 18.3. The highest BCUT2D eigenvalue weighted by molar-refractivity contribution is 6.04. The molecule has 0 aliphatic heterocycles. The van der Waals surface area contributed by atoms with E-state index in [-0.39, 0.29) is 28.2 Å². The maximum Gasteiger partial charge on any atom is 0.332 e. The summed E-state index contributed by atoms with van der Waals surface area (Å²) >= 11 is 0. The smallest absolute Gasteiger partial charge is 0.332 e.